The highest BCUT2D eigenvalue weighted by Crippen LogP contribution is 2.29. The van der Waals surface area contributed by atoms with Crippen LogP contribution >= 0.6 is 0 Å². The Bertz CT molecular complexity index is 713. The lowest BCUT2D eigenvalue weighted by Gasteiger charge is -2.32. The molecule has 0 spiro atoms. The summed E-state index contributed by atoms with van der Waals surface area (Å²) >= 11 is 0. The average Bonchev–Trinajstić information content (AvgIpc) is 3.08. The maximum atomic E-state index is 12.1. The van der Waals surface area contributed by atoms with Crippen molar-refractivity contribution in [2.24, 2.45) is 0 Å². The first-order valence-corrected chi connectivity index (χ1v) is 9.13. The maximum Gasteiger partial charge on any atom is 0.410 e. The van der Waals surface area contributed by atoms with Gasteiger partial charge in [0.05, 0.1) is 5.69 Å². The van der Waals surface area contributed by atoms with Gasteiger partial charge >= 0.3 is 6.09 Å². The van der Waals surface area contributed by atoms with Crippen LogP contribution in [0.25, 0.3) is 0 Å². The van der Waals surface area contributed by atoms with Crippen molar-refractivity contribution < 1.29 is 14.1 Å². The van der Waals surface area contributed by atoms with Crippen molar-refractivity contribution in [2.45, 2.75) is 51.7 Å². The van der Waals surface area contributed by atoms with Crippen LogP contribution in [0.15, 0.2) is 40.9 Å². The Balaban J connectivity index is 1.49. The monoisotopic (exact) mass is 357 g/mol. The van der Waals surface area contributed by atoms with Crippen molar-refractivity contribution in [3.63, 3.8) is 0 Å². The van der Waals surface area contributed by atoms with E-state index >= 15 is 0 Å². The second-order valence-corrected chi connectivity index (χ2v) is 7.70. The molecule has 1 N–H and O–H groups in total. The molecule has 1 aromatic heterocycles. The molecule has 1 amide bonds. The zero-order valence-corrected chi connectivity index (χ0v) is 15.7. The van der Waals surface area contributed by atoms with E-state index in [2.05, 4.69) is 22.6 Å². The number of hydrogen-bond donors (Lipinski definition) is 1. The third-order valence-corrected chi connectivity index (χ3v) is 4.40. The minimum absolute atomic E-state index is 0.235. The molecule has 3 rings (SSSR count). The van der Waals surface area contributed by atoms with E-state index in [1.807, 2.05) is 45.0 Å². The second-order valence-electron chi connectivity index (χ2n) is 7.70. The summed E-state index contributed by atoms with van der Waals surface area (Å²) in [6.45, 7) is 7.72. The Morgan fingerprint density at radius 3 is 2.62 bits per heavy atom. The predicted octanol–water partition coefficient (Wildman–Crippen LogP) is 4.40. The third-order valence-electron chi connectivity index (χ3n) is 4.40. The number of piperidine rings is 1. The molecule has 140 valence electrons. The number of nitrogens with one attached hydrogen (secondary N) is 1. The Morgan fingerprint density at radius 2 is 1.96 bits per heavy atom. The van der Waals surface area contributed by atoms with Crippen LogP contribution < -0.4 is 5.32 Å². The van der Waals surface area contributed by atoms with Crippen LogP contribution in [0.2, 0.25) is 0 Å². The Hall–Kier alpha value is -2.50. The molecule has 0 aliphatic carbocycles. The number of aromatic nitrogens is 1. The van der Waals surface area contributed by atoms with Gasteiger partial charge in [-0.15, -0.1) is 0 Å². The molecule has 1 fully saturated rings. The van der Waals surface area contributed by atoms with E-state index < -0.39 is 5.60 Å². The number of hydrogen-bond acceptors (Lipinski definition) is 5. The van der Waals surface area contributed by atoms with Crippen LogP contribution in [0, 0.1) is 0 Å². The number of nitrogens with zero attached hydrogens (tertiary/aromatic N) is 2. The summed E-state index contributed by atoms with van der Waals surface area (Å²) in [6.07, 6.45) is 1.50. The van der Waals surface area contributed by atoms with Gasteiger partial charge in [0.25, 0.3) is 0 Å². The fraction of sp³-hybridized carbons (Fsp3) is 0.500. The van der Waals surface area contributed by atoms with Gasteiger partial charge in [-0.05, 0) is 39.2 Å². The zero-order valence-electron chi connectivity index (χ0n) is 15.7. The Labute approximate surface area is 154 Å². The maximum absolute atomic E-state index is 12.1. The third kappa shape index (κ3) is 5.00. The molecule has 6 nitrogen and oxygen atoms in total. The van der Waals surface area contributed by atoms with Gasteiger partial charge in [-0.2, -0.15) is 0 Å². The molecule has 26 heavy (non-hydrogen) atoms. The summed E-state index contributed by atoms with van der Waals surface area (Å²) < 4.78 is 10.9. The summed E-state index contributed by atoms with van der Waals surface area (Å²) in [4.78, 5) is 13.9. The molecule has 0 saturated carbocycles. The lowest BCUT2D eigenvalue weighted by atomic mass is 9.94. The Kier molecular flexibility index (Phi) is 5.49. The van der Waals surface area contributed by atoms with E-state index in [4.69, 9.17) is 9.26 Å². The van der Waals surface area contributed by atoms with Crippen molar-refractivity contribution >= 4 is 12.0 Å². The van der Waals surface area contributed by atoms with E-state index in [-0.39, 0.29) is 6.09 Å². The Morgan fingerprint density at radius 1 is 1.27 bits per heavy atom. The van der Waals surface area contributed by atoms with Crippen molar-refractivity contribution in [1.29, 1.82) is 0 Å². The van der Waals surface area contributed by atoms with Crippen molar-refractivity contribution in [2.75, 3.05) is 18.4 Å². The molecule has 0 atom stereocenters. The van der Waals surface area contributed by atoms with Crippen molar-refractivity contribution in [1.82, 2.24) is 10.1 Å². The predicted molar refractivity (Wildman–Crippen MR) is 100 cm³/mol. The highest BCUT2D eigenvalue weighted by molar-refractivity contribution is 5.68. The fourth-order valence-corrected chi connectivity index (χ4v) is 3.03. The smallest absolute Gasteiger partial charge is 0.410 e. The highest BCUT2D eigenvalue weighted by atomic mass is 16.6. The van der Waals surface area contributed by atoms with Gasteiger partial charge in [0.15, 0.2) is 0 Å². The molecular weight excluding hydrogens is 330 g/mol. The van der Waals surface area contributed by atoms with Gasteiger partial charge < -0.3 is 19.5 Å². The van der Waals surface area contributed by atoms with Gasteiger partial charge in [-0.3, -0.25) is 0 Å². The summed E-state index contributed by atoms with van der Waals surface area (Å²) in [6, 6.07) is 12.1. The van der Waals surface area contributed by atoms with Crippen molar-refractivity contribution in [3.8, 4) is 0 Å². The first-order chi connectivity index (χ1) is 12.4. The van der Waals surface area contributed by atoms with E-state index in [0.717, 1.165) is 18.5 Å². The molecule has 2 heterocycles. The van der Waals surface area contributed by atoms with E-state index in [0.29, 0.717) is 31.4 Å². The van der Waals surface area contributed by atoms with E-state index in [1.54, 1.807) is 4.90 Å². The van der Waals surface area contributed by atoms with E-state index in [9.17, 15) is 4.79 Å². The molecule has 0 unspecified atom stereocenters. The van der Waals surface area contributed by atoms with Crippen LogP contribution in [0.4, 0.5) is 10.7 Å². The van der Waals surface area contributed by atoms with Gasteiger partial charge in [0.1, 0.15) is 5.60 Å². The minimum atomic E-state index is -0.459. The number of rotatable bonds is 4. The topological polar surface area (TPSA) is 67.6 Å². The second kappa shape index (κ2) is 7.81. The quantitative estimate of drug-likeness (QED) is 0.878. The fourth-order valence-electron chi connectivity index (χ4n) is 3.03. The molecule has 1 aliphatic rings. The van der Waals surface area contributed by atoms with Gasteiger partial charge in [-0.25, -0.2) is 4.79 Å². The highest BCUT2D eigenvalue weighted by Gasteiger charge is 2.28. The number of carbonyl (C=O) groups is 1. The SMILES string of the molecule is CC(C)(C)OC(=O)N1CCC(c2cc(NCc3ccccc3)on2)CC1. The van der Waals surface area contributed by atoms with Crippen LogP contribution in [-0.4, -0.2) is 34.8 Å². The number of likely N-dealkylation sites (tertiary alicyclic amines) is 1. The van der Waals surface area contributed by atoms with Gasteiger partial charge in [0, 0.05) is 31.6 Å². The van der Waals surface area contributed by atoms with Gasteiger partial charge in [-0.1, -0.05) is 35.5 Å². The molecular formula is C20H27N3O3. The number of ether oxygens (including phenoxy) is 1. The lowest BCUT2D eigenvalue weighted by Crippen LogP contribution is -2.41. The lowest BCUT2D eigenvalue weighted by molar-refractivity contribution is 0.0203. The van der Waals surface area contributed by atoms with Crippen LogP contribution in [-0.2, 0) is 11.3 Å². The number of amides is 1. The van der Waals surface area contributed by atoms with Gasteiger partial charge in [0.2, 0.25) is 5.88 Å². The first-order valence-electron chi connectivity index (χ1n) is 9.13. The largest absolute Gasteiger partial charge is 0.444 e. The number of carbonyl (C=O) groups excluding carboxylic acids is 1. The molecule has 6 heteroatoms. The zero-order chi connectivity index (χ0) is 18.6. The molecule has 1 saturated heterocycles. The first kappa shape index (κ1) is 18.3. The standard InChI is InChI=1S/C20H27N3O3/c1-20(2,3)25-19(24)23-11-9-16(10-12-23)17-13-18(26-22-17)21-14-15-7-5-4-6-8-15/h4-8,13,16,21H,9-12,14H2,1-3H3. The van der Waals surface area contributed by atoms with Crippen LogP contribution in [0.1, 0.15) is 50.8 Å². The average molecular weight is 357 g/mol. The molecule has 0 bridgehead atoms. The number of benzene rings is 1. The summed E-state index contributed by atoms with van der Waals surface area (Å²) in [7, 11) is 0. The summed E-state index contributed by atoms with van der Waals surface area (Å²) in [5, 5.41) is 7.47. The van der Waals surface area contributed by atoms with E-state index in [1.165, 1.54) is 5.56 Å². The van der Waals surface area contributed by atoms with Crippen LogP contribution in [0.3, 0.4) is 0 Å². The molecule has 0 radical (unpaired) electrons. The normalized spacial score (nSPS) is 15.7. The summed E-state index contributed by atoms with van der Waals surface area (Å²) in [5.74, 6) is 0.989. The summed E-state index contributed by atoms with van der Waals surface area (Å²) in [5.41, 5.74) is 1.68. The minimum Gasteiger partial charge on any atom is -0.444 e. The van der Waals surface area contributed by atoms with Crippen LogP contribution in [0.5, 0.6) is 0 Å². The molecule has 2 aromatic rings. The molecule has 1 aromatic carbocycles. The number of anilines is 1. The molecule has 1 aliphatic heterocycles. The van der Waals surface area contributed by atoms with Crippen molar-refractivity contribution in [3.05, 3.63) is 47.7 Å².